The van der Waals surface area contributed by atoms with Gasteiger partial charge in [0.05, 0.1) is 0 Å². The van der Waals surface area contributed by atoms with Crippen LogP contribution in [0.3, 0.4) is 0 Å². The Balaban J connectivity index is 1.56. The van der Waals surface area contributed by atoms with E-state index in [2.05, 4.69) is 28.5 Å². The van der Waals surface area contributed by atoms with E-state index in [9.17, 15) is 14.4 Å². The maximum atomic E-state index is 12.9. The third-order valence-electron chi connectivity index (χ3n) is 5.69. The van der Waals surface area contributed by atoms with Crippen LogP contribution >= 0.6 is 0 Å². The summed E-state index contributed by atoms with van der Waals surface area (Å²) in [6, 6.07) is 5.73. The van der Waals surface area contributed by atoms with Gasteiger partial charge >= 0.3 is 0 Å². The lowest BCUT2D eigenvalue weighted by molar-refractivity contribution is -0.136. The van der Waals surface area contributed by atoms with Crippen molar-refractivity contribution in [2.45, 2.75) is 44.9 Å². The normalized spacial score (nSPS) is 26.8. The zero-order valence-corrected chi connectivity index (χ0v) is 15.0. The highest BCUT2D eigenvalue weighted by atomic mass is 16.2. The lowest BCUT2D eigenvalue weighted by Gasteiger charge is -2.34. The predicted octanol–water partition coefficient (Wildman–Crippen LogP) is 0.241. The molecule has 3 amide bonds. The molecule has 3 heterocycles. The molecule has 7 nitrogen and oxygen atoms in total. The Morgan fingerprint density at radius 1 is 1.23 bits per heavy atom. The number of carbonyl (C=O) groups is 3. The fraction of sp³-hybridized carbons (Fsp3) is 0.526. The quantitative estimate of drug-likeness (QED) is 0.759. The zero-order valence-electron chi connectivity index (χ0n) is 15.0. The van der Waals surface area contributed by atoms with Crippen molar-refractivity contribution in [3.63, 3.8) is 0 Å². The number of nitrogens with one attached hydrogen (secondary N) is 2. The second-order valence-corrected chi connectivity index (χ2v) is 7.37. The van der Waals surface area contributed by atoms with Crippen molar-refractivity contribution >= 4 is 17.7 Å². The highest BCUT2D eigenvalue weighted by Gasteiger charge is 2.39. The molecule has 0 spiro atoms. The van der Waals surface area contributed by atoms with E-state index in [1.807, 2.05) is 12.1 Å². The lowest BCUT2D eigenvalue weighted by Crippen LogP contribution is -2.52. The number of amides is 3. The Morgan fingerprint density at radius 2 is 2.08 bits per heavy atom. The van der Waals surface area contributed by atoms with Gasteiger partial charge in [-0.15, -0.1) is 0 Å². The summed E-state index contributed by atoms with van der Waals surface area (Å²) in [6.45, 7) is 6.38. The molecular formula is C19H24N4O3. The lowest BCUT2D eigenvalue weighted by atomic mass is 10.0. The molecule has 7 heteroatoms. The molecule has 26 heavy (non-hydrogen) atoms. The molecule has 138 valence electrons. The number of carbonyl (C=O) groups excluding carboxylic acids is 3. The molecule has 2 atom stereocenters. The van der Waals surface area contributed by atoms with E-state index < -0.39 is 6.04 Å². The number of piperidine rings is 1. The number of nitrogens with zero attached hydrogens (tertiary/aromatic N) is 2. The number of imide groups is 1. The van der Waals surface area contributed by atoms with E-state index in [-0.39, 0.29) is 24.1 Å². The Kier molecular flexibility index (Phi) is 4.50. The molecule has 2 saturated heterocycles. The van der Waals surface area contributed by atoms with Gasteiger partial charge in [-0.05, 0) is 30.5 Å². The van der Waals surface area contributed by atoms with Crippen LogP contribution in [0.25, 0.3) is 0 Å². The summed E-state index contributed by atoms with van der Waals surface area (Å²) in [5.74, 6) is -0.729. The number of fused-ring (bicyclic) bond motifs is 1. The zero-order chi connectivity index (χ0) is 18.3. The van der Waals surface area contributed by atoms with E-state index >= 15 is 0 Å². The minimum atomic E-state index is -0.557. The average Bonchev–Trinajstić information content (AvgIpc) is 2.95. The Hall–Kier alpha value is -2.25. The van der Waals surface area contributed by atoms with Crippen LogP contribution in [0.2, 0.25) is 0 Å². The molecule has 0 aromatic heterocycles. The number of piperazine rings is 1. The van der Waals surface area contributed by atoms with E-state index in [0.29, 0.717) is 24.6 Å². The van der Waals surface area contributed by atoms with Crippen LogP contribution in [0, 0.1) is 0 Å². The highest BCUT2D eigenvalue weighted by molar-refractivity contribution is 6.05. The van der Waals surface area contributed by atoms with E-state index in [4.69, 9.17) is 0 Å². The van der Waals surface area contributed by atoms with Crippen LogP contribution in [0.15, 0.2) is 18.2 Å². The van der Waals surface area contributed by atoms with Crippen LogP contribution < -0.4 is 10.6 Å². The SMILES string of the molecule is C[C@@H]1CNCCN1Cc1cccc2c1CN(C1CCC(=O)NC1=O)C2=O. The van der Waals surface area contributed by atoms with Crippen molar-refractivity contribution in [1.82, 2.24) is 20.4 Å². The van der Waals surface area contributed by atoms with Gasteiger partial charge in [0, 0.05) is 50.7 Å². The second-order valence-electron chi connectivity index (χ2n) is 7.37. The van der Waals surface area contributed by atoms with Crippen LogP contribution in [0.5, 0.6) is 0 Å². The van der Waals surface area contributed by atoms with Crippen molar-refractivity contribution in [3.8, 4) is 0 Å². The summed E-state index contributed by atoms with van der Waals surface area (Å²) in [7, 11) is 0. The van der Waals surface area contributed by atoms with Crippen molar-refractivity contribution in [2.24, 2.45) is 0 Å². The van der Waals surface area contributed by atoms with Crippen molar-refractivity contribution in [3.05, 3.63) is 34.9 Å². The Bertz CT molecular complexity index is 763. The fourth-order valence-electron chi connectivity index (χ4n) is 4.13. The molecular weight excluding hydrogens is 332 g/mol. The third-order valence-corrected chi connectivity index (χ3v) is 5.69. The summed E-state index contributed by atoms with van der Waals surface area (Å²) >= 11 is 0. The first kappa shape index (κ1) is 17.2. The topological polar surface area (TPSA) is 81.8 Å². The summed E-state index contributed by atoms with van der Waals surface area (Å²) in [4.78, 5) is 40.5. The van der Waals surface area contributed by atoms with Gasteiger partial charge in [0.1, 0.15) is 6.04 Å². The second kappa shape index (κ2) is 6.81. The third kappa shape index (κ3) is 3.01. The average molecular weight is 356 g/mol. The standard InChI is InChI=1S/C19H24N4O3/c1-12-9-20-7-8-22(12)10-13-3-2-4-14-15(13)11-23(19(14)26)16-5-6-17(24)21-18(16)25/h2-4,12,16,20H,5-11H2,1H3,(H,21,24,25)/t12-,16?/m1/s1. The highest BCUT2D eigenvalue weighted by Crippen LogP contribution is 2.30. The van der Waals surface area contributed by atoms with Crippen molar-refractivity contribution < 1.29 is 14.4 Å². The first-order chi connectivity index (χ1) is 12.5. The summed E-state index contributed by atoms with van der Waals surface area (Å²) in [5.41, 5.74) is 2.86. The summed E-state index contributed by atoms with van der Waals surface area (Å²) in [5, 5.41) is 5.74. The van der Waals surface area contributed by atoms with Gasteiger partial charge in [0.25, 0.3) is 5.91 Å². The Labute approximate surface area is 152 Å². The first-order valence-corrected chi connectivity index (χ1v) is 9.25. The molecule has 1 aromatic rings. The van der Waals surface area contributed by atoms with Crippen LogP contribution in [0.4, 0.5) is 0 Å². The van der Waals surface area contributed by atoms with Crippen molar-refractivity contribution in [2.75, 3.05) is 19.6 Å². The van der Waals surface area contributed by atoms with Gasteiger partial charge in [-0.2, -0.15) is 0 Å². The monoisotopic (exact) mass is 356 g/mol. The fourth-order valence-corrected chi connectivity index (χ4v) is 4.13. The van der Waals surface area contributed by atoms with Gasteiger partial charge in [0.2, 0.25) is 11.8 Å². The van der Waals surface area contributed by atoms with E-state index in [0.717, 1.165) is 37.3 Å². The largest absolute Gasteiger partial charge is 0.322 e. The minimum absolute atomic E-state index is 0.107. The minimum Gasteiger partial charge on any atom is -0.322 e. The number of rotatable bonds is 3. The molecule has 3 aliphatic rings. The van der Waals surface area contributed by atoms with Gasteiger partial charge in [-0.3, -0.25) is 24.6 Å². The summed E-state index contributed by atoms with van der Waals surface area (Å²) in [6.07, 6.45) is 0.677. The molecule has 0 bridgehead atoms. The molecule has 4 rings (SSSR count). The number of hydrogen-bond donors (Lipinski definition) is 2. The van der Waals surface area contributed by atoms with Gasteiger partial charge in [-0.25, -0.2) is 0 Å². The molecule has 0 radical (unpaired) electrons. The smallest absolute Gasteiger partial charge is 0.255 e. The van der Waals surface area contributed by atoms with Crippen LogP contribution in [0.1, 0.15) is 41.3 Å². The van der Waals surface area contributed by atoms with Crippen molar-refractivity contribution in [1.29, 1.82) is 0 Å². The van der Waals surface area contributed by atoms with Gasteiger partial charge in [-0.1, -0.05) is 12.1 Å². The van der Waals surface area contributed by atoms with E-state index in [1.165, 1.54) is 0 Å². The first-order valence-electron chi connectivity index (χ1n) is 9.25. The molecule has 2 N–H and O–H groups in total. The predicted molar refractivity (Wildman–Crippen MR) is 95.2 cm³/mol. The molecule has 1 unspecified atom stereocenters. The number of benzene rings is 1. The summed E-state index contributed by atoms with van der Waals surface area (Å²) < 4.78 is 0. The van der Waals surface area contributed by atoms with E-state index in [1.54, 1.807) is 4.90 Å². The van der Waals surface area contributed by atoms with Crippen LogP contribution in [-0.2, 0) is 22.7 Å². The maximum Gasteiger partial charge on any atom is 0.255 e. The molecule has 0 saturated carbocycles. The molecule has 1 aromatic carbocycles. The van der Waals surface area contributed by atoms with Crippen LogP contribution in [-0.4, -0.2) is 59.2 Å². The molecule has 3 aliphatic heterocycles. The Morgan fingerprint density at radius 3 is 2.85 bits per heavy atom. The molecule has 2 fully saturated rings. The van der Waals surface area contributed by atoms with Gasteiger partial charge < -0.3 is 10.2 Å². The number of hydrogen-bond acceptors (Lipinski definition) is 5. The maximum absolute atomic E-state index is 12.9. The van der Waals surface area contributed by atoms with Gasteiger partial charge in [0.15, 0.2) is 0 Å². The molecule has 0 aliphatic carbocycles.